The van der Waals surface area contributed by atoms with Crippen LogP contribution in [-0.2, 0) is 4.57 Å². The van der Waals surface area contributed by atoms with Crippen LogP contribution in [0.5, 0.6) is 0 Å². The molecule has 2 heterocycles. The van der Waals surface area contributed by atoms with Crippen LogP contribution in [0.15, 0.2) is 164 Å². The summed E-state index contributed by atoms with van der Waals surface area (Å²) in [5.41, 5.74) is 5.65. The van der Waals surface area contributed by atoms with Crippen LogP contribution in [0.25, 0.3) is 44.1 Å². The summed E-state index contributed by atoms with van der Waals surface area (Å²) >= 11 is 0. The molecular weight excluding hydrogens is 531 g/mol. The van der Waals surface area contributed by atoms with E-state index in [4.69, 9.17) is 0 Å². The summed E-state index contributed by atoms with van der Waals surface area (Å²) in [6, 6.07) is 53.7. The number of aromatic nitrogens is 2. The Morgan fingerprint density at radius 3 is 1.64 bits per heavy atom. The lowest BCUT2D eigenvalue weighted by atomic mass is 10.1. The first kappa shape index (κ1) is 24.7. The van der Waals surface area contributed by atoms with E-state index < -0.39 is 7.14 Å². The lowest BCUT2D eigenvalue weighted by Gasteiger charge is -2.20. The molecule has 0 aliphatic rings. The highest BCUT2D eigenvalue weighted by molar-refractivity contribution is 7.85. The van der Waals surface area contributed by atoms with Gasteiger partial charge in [-0.25, -0.2) is 0 Å². The van der Waals surface area contributed by atoms with Gasteiger partial charge in [0.25, 0.3) is 0 Å². The number of hydrogen-bond donors (Lipinski definition) is 0. The molecule has 0 atom stereocenters. The van der Waals surface area contributed by atoms with Gasteiger partial charge in [-0.1, -0.05) is 103 Å². The molecule has 0 aliphatic carbocycles. The molecule has 6 aromatic carbocycles. The van der Waals surface area contributed by atoms with E-state index in [1.54, 1.807) is 0 Å². The lowest BCUT2D eigenvalue weighted by Crippen LogP contribution is -2.24. The topological polar surface area (TPSA) is 26.9 Å². The minimum atomic E-state index is -3.05. The summed E-state index contributed by atoms with van der Waals surface area (Å²) in [5, 5.41) is 6.12. The molecule has 8 rings (SSSR count). The van der Waals surface area contributed by atoms with Gasteiger partial charge >= 0.3 is 0 Å². The molecule has 8 aromatic rings. The SMILES string of the molecule is O=P(c1ccccc1)(c1ccccc1)c1ccc(-n2c3ccccc3c3ccc4c(ccn4-c4ccccc4)c32)cc1. The van der Waals surface area contributed by atoms with Crippen molar-refractivity contribution in [3.8, 4) is 11.4 Å². The Bertz CT molecular complexity index is 2200. The van der Waals surface area contributed by atoms with Gasteiger partial charge in [0, 0.05) is 49.6 Å². The predicted molar refractivity (Wildman–Crippen MR) is 177 cm³/mol. The highest BCUT2D eigenvalue weighted by atomic mass is 31.2. The van der Waals surface area contributed by atoms with Gasteiger partial charge in [0.15, 0.2) is 7.14 Å². The van der Waals surface area contributed by atoms with E-state index in [0.29, 0.717) is 0 Å². The lowest BCUT2D eigenvalue weighted by molar-refractivity contribution is 0.592. The number of fused-ring (bicyclic) bond motifs is 5. The molecule has 200 valence electrons. The second kappa shape index (κ2) is 9.76. The Balaban J connectivity index is 1.35. The van der Waals surface area contributed by atoms with Crippen molar-refractivity contribution in [2.75, 3.05) is 0 Å². The first-order valence-corrected chi connectivity index (χ1v) is 15.8. The van der Waals surface area contributed by atoms with Gasteiger partial charge in [-0.05, 0) is 54.6 Å². The molecule has 0 bridgehead atoms. The van der Waals surface area contributed by atoms with E-state index in [2.05, 4.69) is 94.2 Å². The Kier molecular flexibility index (Phi) is 5.73. The van der Waals surface area contributed by atoms with Crippen LogP contribution in [0, 0.1) is 0 Å². The molecule has 0 spiro atoms. The summed E-state index contributed by atoms with van der Waals surface area (Å²) in [6.45, 7) is 0. The normalized spacial score (nSPS) is 11.9. The molecule has 2 aromatic heterocycles. The Morgan fingerprint density at radius 2 is 0.976 bits per heavy atom. The Labute approximate surface area is 244 Å². The minimum Gasteiger partial charge on any atom is -0.316 e. The zero-order chi connectivity index (χ0) is 28.1. The van der Waals surface area contributed by atoms with E-state index in [1.165, 1.54) is 21.7 Å². The number of rotatable bonds is 5. The minimum absolute atomic E-state index is 0.824. The van der Waals surface area contributed by atoms with Crippen LogP contribution in [0.3, 0.4) is 0 Å². The molecule has 0 saturated carbocycles. The van der Waals surface area contributed by atoms with E-state index >= 15 is 0 Å². The molecule has 0 unspecified atom stereocenters. The summed E-state index contributed by atoms with van der Waals surface area (Å²) < 4.78 is 19.5. The van der Waals surface area contributed by atoms with Crippen LogP contribution in [-0.4, -0.2) is 9.13 Å². The van der Waals surface area contributed by atoms with Gasteiger partial charge < -0.3 is 13.7 Å². The van der Waals surface area contributed by atoms with Crippen molar-refractivity contribution in [3.05, 3.63) is 164 Å². The average Bonchev–Trinajstić information content (AvgIpc) is 3.65. The summed E-state index contributed by atoms with van der Waals surface area (Å²) in [5.74, 6) is 0. The fraction of sp³-hybridized carbons (Fsp3) is 0. The van der Waals surface area contributed by atoms with Gasteiger partial charge in [-0.2, -0.15) is 0 Å². The quantitative estimate of drug-likeness (QED) is 0.195. The van der Waals surface area contributed by atoms with Crippen LogP contribution < -0.4 is 15.9 Å². The number of para-hydroxylation sites is 2. The first-order chi connectivity index (χ1) is 20.7. The third-order valence-corrected chi connectivity index (χ3v) is 11.3. The van der Waals surface area contributed by atoms with Crippen molar-refractivity contribution in [1.82, 2.24) is 9.13 Å². The maximum Gasteiger partial charge on any atom is 0.171 e. The van der Waals surface area contributed by atoms with Crippen LogP contribution in [0.4, 0.5) is 0 Å². The van der Waals surface area contributed by atoms with Gasteiger partial charge in [-0.15, -0.1) is 0 Å². The fourth-order valence-electron chi connectivity index (χ4n) is 6.29. The largest absolute Gasteiger partial charge is 0.316 e. The molecule has 0 N–H and O–H groups in total. The molecule has 0 aliphatic heterocycles. The second-order valence-corrected chi connectivity index (χ2v) is 13.3. The molecule has 42 heavy (non-hydrogen) atoms. The molecule has 0 saturated heterocycles. The summed E-state index contributed by atoms with van der Waals surface area (Å²) in [6.07, 6.45) is 2.15. The van der Waals surface area contributed by atoms with Gasteiger partial charge in [0.05, 0.1) is 16.6 Å². The molecule has 0 radical (unpaired) electrons. The zero-order valence-corrected chi connectivity index (χ0v) is 23.7. The highest BCUT2D eigenvalue weighted by Gasteiger charge is 2.29. The number of hydrogen-bond acceptors (Lipinski definition) is 1. The van der Waals surface area contributed by atoms with E-state index in [-0.39, 0.29) is 0 Å². The van der Waals surface area contributed by atoms with Crippen molar-refractivity contribution in [2.24, 2.45) is 0 Å². The van der Waals surface area contributed by atoms with E-state index in [0.717, 1.165) is 38.3 Å². The standard InChI is InChI=1S/C38H27N2OP/c41-42(30-14-6-2-7-15-30,31-16-8-3-9-17-31)32-22-20-29(21-23-32)40-37-19-11-10-18-33(37)34-24-25-36-35(38(34)40)26-27-39(36)28-12-4-1-5-13-28/h1-27H. The highest BCUT2D eigenvalue weighted by Crippen LogP contribution is 2.43. The second-order valence-electron chi connectivity index (χ2n) is 10.6. The third kappa shape index (κ3) is 3.71. The van der Waals surface area contributed by atoms with Crippen molar-refractivity contribution < 1.29 is 4.57 Å². The van der Waals surface area contributed by atoms with Gasteiger partial charge in [-0.3, -0.25) is 0 Å². The van der Waals surface area contributed by atoms with Gasteiger partial charge in [0.1, 0.15) is 0 Å². The average molecular weight is 559 g/mol. The molecule has 0 amide bonds. The molecular formula is C38H27N2OP. The number of nitrogens with zero attached hydrogens (tertiary/aromatic N) is 2. The molecule has 4 heteroatoms. The van der Waals surface area contributed by atoms with Crippen molar-refractivity contribution in [1.29, 1.82) is 0 Å². The van der Waals surface area contributed by atoms with Crippen LogP contribution >= 0.6 is 7.14 Å². The third-order valence-electron chi connectivity index (χ3n) is 8.25. The van der Waals surface area contributed by atoms with E-state index in [1.807, 2.05) is 78.9 Å². The Hall–Kier alpha value is -5.11. The maximum absolute atomic E-state index is 14.9. The van der Waals surface area contributed by atoms with Crippen molar-refractivity contribution >= 4 is 55.8 Å². The van der Waals surface area contributed by atoms with Crippen LogP contribution in [0.1, 0.15) is 0 Å². The van der Waals surface area contributed by atoms with Crippen molar-refractivity contribution in [3.63, 3.8) is 0 Å². The van der Waals surface area contributed by atoms with Crippen LogP contribution in [0.2, 0.25) is 0 Å². The van der Waals surface area contributed by atoms with Crippen molar-refractivity contribution in [2.45, 2.75) is 0 Å². The smallest absolute Gasteiger partial charge is 0.171 e. The molecule has 3 nitrogen and oxygen atoms in total. The summed E-state index contributed by atoms with van der Waals surface area (Å²) in [4.78, 5) is 0. The summed E-state index contributed by atoms with van der Waals surface area (Å²) in [7, 11) is -3.05. The van der Waals surface area contributed by atoms with E-state index in [9.17, 15) is 4.57 Å². The maximum atomic E-state index is 14.9. The first-order valence-electron chi connectivity index (χ1n) is 14.1. The predicted octanol–water partition coefficient (Wildman–Crippen LogP) is 8.37. The van der Waals surface area contributed by atoms with Gasteiger partial charge in [0.2, 0.25) is 0 Å². The monoisotopic (exact) mass is 558 g/mol. The number of benzene rings is 6. The Morgan fingerprint density at radius 1 is 0.405 bits per heavy atom. The molecule has 0 fully saturated rings. The fourth-order valence-corrected chi connectivity index (χ4v) is 8.94. The zero-order valence-electron chi connectivity index (χ0n) is 22.8.